The van der Waals surface area contributed by atoms with Gasteiger partial charge < -0.3 is 10.6 Å². The maximum absolute atomic E-state index is 13.6. The Morgan fingerprint density at radius 2 is 1.94 bits per heavy atom. The summed E-state index contributed by atoms with van der Waals surface area (Å²) in [7, 11) is 0. The van der Waals surface area contributed by atoms with E-state index in [4.69, 9.17) is 11.6 Å². The molecule has 5 nitrogen and oxygen atoms in total. The fourth-order valence-corrected chi connectivity index (χ4v) is 4.54. The van der Waals surface area contributed by atoms with Gasteiger partial charge in [0.15, 0.2) is 0 Å². The molecule has 1 aliphatic rings. The lowest BCUT2D eigenvalue weighted by Crippen LogP contribution is -2.27. The highest BCUT2D eigenvalue weighted by Gasteiger charge is 2.32. The number of nitrogens with zero attached hydrogens (tertiary/aromatic N) is 2. The summed E-state index contributed by atoms with van der Waals surface area (Å²) in [6, 6.07) is 11.0. The van der Waals surface area contributed by atoms with Crippen LogP contribution in [0.15, 0.2) is 54.9 Å². The Kier molecular flexibility index (Phi) is 7.72. The number of hydrogen-bond donors (Lipinski definition) is 2. The maximum Gasteiger partial charge on any atom is 0.416 e. The van der Waals surface area contributed by atoms with Crippen LogP contribution in [-0.4, -0.2) is 29.0 Å². The van der Waals surface area contributed by atoms with Crippen molar-refractivity contribution in [3.05, 3.63) is 88.0 Å². The Labute approximate surface area is 207 Å². The van der Waals surface area contributed by atoms with Gasteiger partial charge in [-0.15, -0.1) is 0 Å². The highest BCUT2D eigenvalue weighted by atomic mass is 35.5. The van der Waals surface area contributed by atoms with Crippen LogP contribution in [0.4, 0.5) is 18.9 Å². The number of halogens is 4. The zero-order chi connectivity index (χ0) is 25.0. The molecular weight excluding hydrogens is 477 g/mol. The molecule has 2 heterocycles. The lowest BCUT2D eigenvalue weighted by Gasteiger charge is -2.24. The van der Waals surface area contributed by atoms with E-state index < -0.39 is 17.6 Å². The molecule has 1 fully saturated rings. The SMILES string of the molecule is C[C@H](Cc1cncc(Cl)n1)c1cccc(NC(=O)c2cc(C3CCNCC3)cc(C(F)(F)F)c2)c1. The molecule has 0 unspecified atom stereocenters. The van der Waals surface area contributed by atoms with Crippen LogP contribution in [0.3, 0.4) is 0 Å². The van der Waals surface area contributed by atoms with Crippen molar-refractivity contribution >= 4 is 23.2 Å². The quantitative estimate of drug-likeness (QED) is 0.420. The maximum atomic E-state index is 13.6. The molecule has 9 heteroatoms. The first kappa shape index (κ1) is 25.1. The highest BCUT2D eigenvalue weighted by Crippen LogP contribution is 2.35. The number of nitrogens with one attached hydrogen (secondary N) is 2. The first-order valence-corrected chi connectivity index (χ1v) is 11.9. The minimum Gasteiger partial charge on any atom is -0.322 e. The van der Waals surface area contributed by atoms with Crippen molar-refractivity contribution in [3.8, 4) is 0 Å². The number of carbonyl (C=O) groups excluding carboxylic acids is 1. The Balaban J connectivity index is 1.54. The molecule has 1 amide bonds. The molecule has 2 N–H and O–H groups in total. The topological polar surface area (TPSA) is 66.9 Å². The van der Waals surface area contributed by atoms with Gasteiger partial charge in [0.25, 0.3) is 5.91 Å². The largest absolute Gasteiger partial charge is 0.416 e. The summed E-state index contributed by atoms with van der Waals surface area (Å²) in [5, 5.41) is 6.30. The van der Waals surface area contributed by atoms with Crippen molar-refractivity contribution < 1.29 is 18.0 Å². The van der Waals surface area contributed by atoms with E-state index in [1.54, 1.807) is 24.4 Å². The zero-order valence-corrected chi connectivity index (χ0v) is 20.0. The second kappa shape index (κ2) is 10.7. The molecule has 184 valence electrons. The van der Waals surface area contributed by atoms with Gasteiger partial charge in [0.1, 0.15) is 5.15 Å². The van der Waals surface area contributed by atoms with Gasteiger partial charge in [-0.1, -0.05) is 30.7 Å². The Hall–Kier alpha value is -2.97. The first-order valence-electron chi connectivity index (χ1n) is 11.5. The van der Waals surface area contributed by atoms with E-state index in [1.165, 1.54) is 12.3 Å². The summed E-state index contributed by atoms with van der Waals surface area (Å²) < 4.78 is 40.8. The third-order valence-electron chi connectivity index (χ3n) is 6.24. The molecule has 0 aliphatic carbocycles. The van der Waals surface area contributed by atoms with Gasteiger partial charge in [-0.25, -0.2) is 4.98 Å². The summed E-state index contributed by atoms with van der Waals surface area (Å²) in [6.45, 7) is 3.50. The molecule has 0 spiro atoms. The summed E-state index contributed by atoms with van der Waals surface area (Å²) in [6.07, 6.45) is 0.658. The molecule has 35 heavy (non-hydrogen) atoms. The number of anilines is 1. The van der Waals surface area contributed by atoms with Gasteiger partial charge >= 0.3 is 6.18 Å². The number of hydrogen-bond acceptors (Lipinski definition) is 4. The summed E-state index contributed by atoms with van der Waals surface area (Å²) in [5.41, 5.74) is 1.95. The average Bonchev–Trinajstić information content (AvgIpc) is 2.84. The number of piperidine rings is 1. The van der Waals surface area contributed by atoms with Crippen molar-refractivity contribution in [2.45, 2.75) is 44.2 Å². The van der Waals surface area contributed by atoms with Crippen molar-refractivity contribution in [2.75, 3.05) is 18.4 Å². The summed E-state index contributed by atoms with van der Waals surface area (Å²) >= 11 is 5.92. The average molecular weight is 503 g/mol. The summed E-state index contributed by atoms with van der Waals surface area (Å²) in [5.74, 6) is -0.527. The van der Waals surface area contributed by atoms with Crippen molar-refractivity contribution in [1.82, 2.24) is 15.3 Å². The van der Waals surface area contributed by atoms with Crippen molar-refractivity contribution in [3.63, 3.8) is 0 Å². The minimum absolute atomic E-state index is 0.000936. The van der Waals surface area contributed by atoms with Crippen molar-refractivity contribution in [2.24, 2.45) is 0 Å². The normalized spacial score (nSPS) is 15.6. The molecule has 2 aromatic carbocycles. The molecule has 1 saturated heterocycles. The van der Waals surface area contributed by atoms with E-state index in [1.807, 2.05) is 19.1 Å². The lowest BCUT2D eigenvalue weighted by atomic mass is 9.88. The van der Waals surface area contributed by atoms with Gasteiger partial charge in [0.05, 0.1) is 17.5 Å². The monoisotopic (exact) mass is 502 g/mol. The Morgan fingerprint density at radius 1 is 1.17 bits per heavy atom. The fraction of sp³-hybridized carbons (Fsp3) is 0.346. The van der Waals surface area contributed by atoms with E-state index in [0.29, 0.717) is 22.8 Å². The third-order valence-corrected chi connectivity index (χ3v) is 6.42. The van der Waals surface area contributed by atoms with Crippen LogP contribution in [0.5, 0.6) is 0 Å². The molecule has 1 aliphatic heterocycles. The van der Waals surface area contributed by atoms with Crippen LogP contribution >= 0.6 is 11.6 Å². The number of alkyl halides is 3. The standard InChI is InChI=1S/C26H26ClF3N4O/c1-16(9-23-14-32-15-24(27)33-23)18-3-2-4-22(13-18)34-25(35)20-10-19(17-5-7-31-8-6-17)11-21(12-20)26(28,29)30/h2-4,10-17,31H,5-9H2,1H3,(H,34,35)/t16-/m1/s1. The van der Waals surface area contributed by atoms with E-state index in [0.717, 1.165) is 43.3 Å². The molecule has 4 rings (SSSR count). The van der Waals surface area contributed by atoms with E-state index in [2.05, 4.69) is 20.6 Å². The van der Waals surface area contributed by atoms with Gasteiger partial charge in [0.2, 0.25) is 0 Å². The van der Waals surface area contributed by atoms with Crippen molar-refractivity contribution in [1.29, 1.82) is 0 Å². The smallest absolute Gasteiger partial charge is 0.322 e. The van der Waals surface area contributed by atoms with E-state index in [-0.39, 0.29) is 17.4 Å². The second-order valence-corrected chi connectivity index (χ2v) is 9.27. The first-order chi connectivity index (χ1) is 16.7. The molecule has 0 saturated carbocycles. The van der Waals surface area contributed by atoms with Crippen LogP contribution in [0.1, 0.15) is 64.3 Å². The highest BCUT2D eigenvalue weighted by molar-refractivity contribution is 6.29. The number of carbonyl (C=O) groups is 1. The van der Waals surface area contributed by atoms with E-state index in [9.17, 15) is 18.0 Å². The number of aromatic nitrogens is 2. The van der Waals surface area contributed by atoms with Crippen LogP contribution in [-0.2, 0) is 12.6 Å². The molecule has 3 aromatic rings. The Morgan fingerprint density at radius 3 is 2.66 bits per heavy atom. The molecule has 0 radical (unpaired) electrons. The van der Waals surface area contributed by atoms with Crippen LogP contribution in [0, 0.1) is 0 Å². The van der Waals surface area contributed by atoms with E-state index >= 15 is 0 Å². The van der Waals surface area contributed by atoms with Crippen LogP contribution < -0.4 is 10.6 Å². The van der Waals surface area contributed by atoms with Gasteiger partial charge in [-0.3, -0.25) is 9.78 Å². The van der Waals surface area contributed by atoms with Gasteiger partial charge in [-0.05, 0) is 85.6 Å². The minimum atomic E-state index is -4.53. The number of rotatable bonds is 6. The fourth-order valence-electron chi connectivity index (χ4n) is 4.37. The van der Waals surface area contributed by atoms with Crippen LogP contribution in [0.2, 0.25) is 5.15 Å². The summed E-state index contributed by atoms with van der Waals surface area (Å²) in [4.78, 5) is 21.3. The molecule has 1 atom stereocenters. The van der Waals surface area contributed by atoms with Crippen LogP contribution in [0.25, 0.3) is 0 Å². The predicted molar refractivity (Wildman–Crippen MR) is 130 cm³/mol. The van der Waals surface area contributed by atoms with Gasteiger partial charge in [0, 0.05) is 17.4 Å². The predicted octanol–water partition coefficient (Wildman–Crippen LogP) is 6.21. The molecular formula is C26H26ClF3N4O. The zero-order valence-electron chi connectivity index (χ0n) is 19.2. The third kappa shape index (κ3) is 6.58. The lowest BCUT2D eigenvalue weighted by molar-refractivity contribution is -0.137. The van der Waals surface area contributed by atoms with Gasteiger partial charge in [-0.2, -0.15) is 13.2 Å². The number of amides is 1. The number of benzene rings is 2. The Bertz CT molecular complexity index is 1200. The molecule has 0 bridgehead atoms. The molecule has 1 aromatic heterocycles. The second-order valence-electron chi connectivity index (χ2n) is 8.88.